The zero-order valence-electron chi connectivity index (χ0n) is 4.63. The molecule has 0 radical (unpaired) electrons. The molecule has 2 atom stereocenters. The highest BCUT2D eigenvalue weighted by atomic mass is 16.5. The maximum absolute atomic E-state index is 10.1. The van der Waals surface area contributed by atoms with Crippen LogP contribution in [-0.4, -0.2) is 24.3 Å². The van der Waals surface area contributed by atoms with Gasteiger partial charge in [-0.05, 0) is 6.42 Å². The van der Waals surface area contributed by atoms with Gasteiger partial charge in [0.2, 0.25) is 0 Å². The van der Waals surface area contributed by atoms with Crippen molar-refractivity contribution in [1.29, 1.82) is 0 Å². The van der Waals surface area contributed by atoms with Gasteiger partial charge in [-0.3, -0.25) is 4.79 Å². The second-order valence-corrected chi connectivity index (χ2v) is 1.95. The topological polar surface area (TPSA) is 46.5 Å². The van der Waals surface area contributed by atoms with E-state index in [4.69, 9.17) is 9.84 Å². The van der Waals surface area contributed by atoms with Crippen molar-refractivity contribution in [2.45, 2.75) is 12.5 Å². The van der Waals surface area contributed by atoms with E-state index in [1.807, 2.05) is 0 Å². The zero-order valence-corrected chi connectivity index (χ0v) is 4.63. The third-order valence-electron chi connectivity index (χ3n) is 1.35. The summed E-state index contributed by atoms with van der Waals surface area (Å²) >= 11 is 0. The molecule has 1 aliphatic carbocycles. The molecule has 1 fully saturated rings. The van der Waals surface area contributed by atoms with E-state index in [0.29, 0.717) is 6.42 Å². The molecule has 0 bridgehead atoms. The van der Waals surface area contributed by atoms with E-state index in [9.17, 15) is 4.79 Å². The Kier molecular flexibility index (Phi) is 1.21. The summed E-state index contributed by atoms with van der Waals surface area (Å²) in [4.78, 5) is 10.1. The van der Waals surface area contributed by atoms with E-state index in [1.165, 1.54) is 7.11 Å². The Bertz CT molecular complexity index is 110. The number of carbonyl (C=O) groups is 1. The number of carboxylic acids is 1. The highest BCUT2D eigenvalue weighted by molar-refractivity contribution is 5.74. The number of hydrogen-bond donors (Lipinski definition) is 1. The van der Waals surface area contributed by atoms with Crippen molar-refractivity contribution in [3.8, 4) is 0 Å². The molecule has 0 aromatic rings. The molecular weight excluding hydrogens is 108 g/mol. The van der Waals surface area contributed by atoms with Gasteiger partial charge in [0.1, 0.15) is 0 Å². The summed E-state index contributed by atoms with van der Waals surface area (Å²) in [6, 6.07) is 0. The molecule has 1 N–H and O–H groups in total. The number of ether oxygens (including phenoxy) is 1. The van der Waals surface area contributed by atoms with Gasteiger partial charge in [0.05, 0.1) is 12.0 Å². The fourth-order valence-electron chi connectivity index (χ4n) is 0.692. The van der Waals surface area contributed by atoms with Crippen molar-refractivity contribution in [3.63, 3.8) is 0 Å². The fourth-order valence-corrected chi connectivity index (χ4v) is 0.692. The van der Waals surface area contributed by atoms with Gasteiger partial charge in [-0.1, -0.05) is 0 Å². The number of hydrogen-bond acceptors (Lipinski definition) is 2. The Hall–Kier alpha value is -0.570. The fraction of sp³-hybridized carbons (Fsp3) is 0.800. The molecular formula is C5H8O3. The molecule has 0 spiro atoms. The molecule has 0 aromatic heterocycles. The van der Waals surface area contributed by atoms with E-state index in [0.717, 1.165) is 0 Å². The first-order chi connectivity index (χ1) is 3.75. The number of carboxylic acid groups (broad SMARTS) is 1. The molecule has 0 aromatic carbocycles. The maximum Gasteiger partial charge on any atom is 0.309 e. The number of aliphatic carboxylic acids is 1. The van der Waals surface area contributed by atoms with Crippen molar-refractivity contribution in [3.05, 3.63) is 0 Å². The van der Waals surface area contributed by atoms with E-state index in [1.54, 1.807) is 0 Å². The van der Waals surface area contributed by atoms with Crippen LogP contribution in [0.1, 0.15) is 6.42 Å². The van der Waals surface area contributed by atoms with Gasteiger partial charge in [-0.15, -0.1) is 0 Å². The first-order valence-electron chi connectivity index (χ1n) is 2.51. The van der Waals surface area contributed by atoms with Crippen LogP contribution in [0.4, 0.5) is 0 Å². The van der Waals surface area contributed by atoms with Crippen LogP contribution in [0.3, 0.4) is 0 Å². The minimum Gasteiger partial charge on any atom is -0.481 e. The smallest absolute Gasteiger partial charge is 0.309 e. The molecule has 3 heteroatoms. The Balaban J connectivity index is 2.26. The quantitative estimate of drug-likeness (QED) is 0.556. The van der Waals surface area contributed by atoms with Gasteiger partial charge in [0.25, 0.3) is 0 Å². The van der Waals surface area contributed by atoms with Gasteiger partial charge in [0, 0.05) is 7.11 Å². The first kappa shape index (κ1) is 5.56. The molecule has 8 heavy (non-hydrogen) atoms. The summed E-state index contributed by atoms with van der Waals surface area (Å²) in [5, 5.41) is 8.27. The predicted molar refractivity (Wildman–Crippen MR) is 26.5 cm³/mol. The third kappa shape index (κ3) is 0.816. The molecule has 0 aliphatic heterocycles. The van der Waals surface area contributed by atoms with Crippen LogP contribution in [0, 0.1) is 5.92 Å². The standard InChI is InChI=1S/C5H8O3/c1-8-4-2-3(4)5(6)7/h3-4H,2H2,1H3,(H,6,7). The number of methoxy groups -OCH3 is 1. The van der Waals surface area contributed by atoms with E-state index >= 15 is 0 Å². The number of rotatable bonds is 2. The van der Waals surface area contributed by atoms with Gasteiger partial charge < -0.3 is 9.84 Å². The summed E-state index contributed by atoms with van der Waals surface area (Å²) in [5.74, 6) is -0.961. The molecule has 2 unspecified atom stereocenters. The van der Waals surface area contributed by atoms with E-state index in [2.05, 4.69) is 0 Å². The molecule has 1 saturated carbocycles. The van der Waals surface area contributed by atoms with E-state index in [-0.39, 0.29) is 12.0 Å². The second-order valence-electron chi connectivity index (χ2n) is 1.95. The molecule has 1 rings (SSSR count). The van der Waals surface area contributed by atoms with E-state index < -0.39 is 5.97 Å². The maximum atomic E-state index is 10.1. The van der Waals surface area contributed by atoms with Crippen molar-refractivity contribution in [2.24, 2.45) is 5.92 Å². The Labute approximate surface area is 47.3 Å². The monoisotopic (exact) mass is 116 g/mol. The van der Waals surface area contributed by atoms with Crippen LogP contribution in [-0.2, 0) is 9.53 Å². The molecule has 0 heterocycles. The second kappa shape index (κ2) is 1.74. The SMILES string of the molecule is COC1CC1C(=O)O. The zero-order chi connectivity index (χ0) is 6.15. The highest BCUT2D eigenvalue weighted by Gasteiger charge is 2.43. The molecule has 3 nitrogen and oxygen atoms in total. The lowest BCUT2D eigenvalue weighted by Crippen LogP contribution is -2.02. The molecule has 0 amide bonds. The van der Waals surface area contributed by atoms with Crippen LogP contribution in [0.25, 0.3) is 0 Å². The third-order valence-corrected chi connectivity index (χ3v) is 1.35. The summed E-state index contributed by atoms with van der Waals surface area (Å²) in [7, 11) is 1.54. The molecule has 46 valence electrons. The van der Waals surface area contributed by atoms with Gasteiger partial charge in [0.15, 0.2) is 0 Å². The average Bonchev–Trinajstić information content (AvgIpc) is 2.42. The van der Waals surface area contributed by atoms with Crippen LogP contribution in [0.2, 0.25) is 0 Å². The summed E-state index contributed by atoms with van der Waals surface area (Å²) in [5.41, 5.74) is 0. The summed E-state index contributed by atoms with van der Waals surface area (Å²) < 4.78 is 4.75. The highest BCUT2D eigenvalue weighted by Crippen LogP contribution is 2.32. The van der Waals surface area contributed by atoms with Gasteiger partial charge in [-0.25, -0.2) is 0 Å². The summed E-state index contributed by atoms with van der Waals surface area (Å²) in [6.07, 6.45) is 0.679. The molecule has 0 saturated heterocycles. The first-order valence-corrected chi connectivity index (χ1v) is 2.51. The largest absolute Gasteiger partial charge is 0.481 e. The van der Waals surface area contributed by atoms with Crippen molar-refractivity contribution in [1.82, 2.24) is 0 Å². The van der Waals surface area contributed by atoms with Crippen molar-refractivity contribution >= 4 is 5.97 Å². The lowest BCUT2D eigenvalue weighted by molar-refractivity contribution is -0.139. The Morgan fingerprint density at radius 1 is 1.88 bits per heavy atom. The molecule has 1 aliphatic rings. The average molecular weight is 116 g/mol. The van der Waals surface area contributed by atoms with Crippen LogP contribution < -0.4 is 0 Å². The lowest BCUT2D eigenvalue weighted by Gasteiger charge is -1.87. The predicted octanol–water partition coefficient (Wildman–Crippen LogP) is 0.106. The van der Waals surface area contributed by atoms with Gasteiger partial charge >= 0.3 is 5.97 Å². The normalized spacial score (nSPS) is 34.6. The minimum atomic E-state index is -0.739. The van der Waals surface area contributed by atoms with Gasteiger partial charge in [-0.2, -0.15) is 0 Å². The Morgan fingerprint density at radius 2 is 2.50 bits per heavy atom. The van der Waals surface area contributed by atoms with Crippen LogP contribution >= 0.6 is 0 Å². The summed E-state index contributed by atoms with van der Waals surface area (Å²) in [6.45, 7) is 0. The van der Waals surface area contributed by atoms with Crippen LogP contribution in [0.15, 0.2) is 0 Å². The minimum absolute atomic E-state index is 0.00694. The van der Waals surface area contributed by atoms with Crippen molar-refractivity contribution in [2.75, 3.05) is 7.11 Å². The lowest BCUT2D eigenvalue weighted by atomic mass is 10.4. The Morgan fingerprint density at radius 3 is 2.62 bits per heavy atom. The van der Waals surface area contributed by atoms with Crippen LogP contribution in [0.5, 0.6) is 0 Å². The van der Waals surface area contributed by atoms with Crippen molar-refractivity contribution < 1.29 is 14.6 Å².